The third-order valence-corrected chi connectivity index (χ3v) is 6.08. The van der Waals surface area contributed by atoms with E-state index in [1.54, 1.807) is 0 Å². The predicted molar refractivity (Wildman–Crippen MR) is 68.3 cm³/mol. The molecule has 1 amide bonds. The van der Waals surface area contributed by atoms with Crippen LogP contribution in [-0.4, -0.2) is 54.9 Å². The Morgan fingerprint density at radius 1 is 1.42 bits per heavy atom. The van der Waals surface area contributed by atoms with Gasteiger partial charge in [-0.3, -0.25) is 9.59 Å². The van der Waals surface area contributed by atoms with E-state index in [0.717, 1.165) is 19.1 Å². The minimum Gasteiger partial charge on any atom is -0.481 e. The fourth-order valence-corrected chi connectivity index (χ4v) is 3.76. The number of carbonyl (C=O) groups is 2. The number of likely N-dealkylation sites (tertiary alicyclic amines) is 1. The van der Waals surface area contributed by atoms with Crippen molar-refractivity contribution in [1.29, 1.82) is 0 Å². The number of nitrogens with zero attached hydrogens (tertiary/aromatic N) is 1. The number of amides is 1. The summed E-state index contributed by atoms with van der Waals surface area (Å²) >= 11 is 0. The van der Waals surface area contributed by atoms with Crippen LogP contribution in [0.2, 0.25) is 0 Å². The van der Waals surface area contributed by atoms with Crippen LogP contribution in [0, 0.1) is 11.3 Å². The Hall–Kier alpha value is -1.11. The van der Waals surface area contributed by atoms with Crippen molar-refractivity contribution in [3.63, 3.8) is 0 Å². The van der Waals surface area contributed by atoms with Crippen molar-refractivity contribution in [3.8, 4) is 0 Å². The first-order valence-electron chi connectivity index (χ1n) is 6.39. The second-order valence-corrected chi connectivity index (χ2v) is 8.11. The van der Waals surface area contributed by atoms with Crippen LogP contribution < -0.4 is 0 Å². The molecule has 7 heteroatoms. The molecule has 0 bridgehead atoms. The smallest absolute Gasteiger partial charge is 0.311 e. The summed E-state index contributed by atoms with van der Waals surface area (Å²) in [6, 6.07) is 0. The number of sulfone groups is 1. The topological polar surface area (TPSA) is 91.8 Å². The molecular formula is C12H19NO5S. The first kappa shape index (κ1) is 14.3. The summed E-state index contributed by atoms with van der Waals surface area (Å²) in [4.78, 5) is 25.0. The number of hydrogen-bond acceptors (Lipinski definition) is 4. The van der Waals surface area contributed by atoms with E-state index in [2.05, 4.69) is 0 Å². The van der Waals surface area contributed by atoms with Gasteiger partial charge in [-0.1, -0.05) is 6.42 Å². The number of carbonyl (C=O) groups excluding carboxylic acids is 1. The van der Waals surface area contributed by atoms with Crippen molar-refractivity contribution in [2.75, 3.05) is 19.3 Å². The van der Waals surface area contributed by atoms with E-state index in [-0.39, 0.29) is 12.5 Å². The first-order valence-corrected chi connectivity index (χ1v) is 8.35. The highest BCUT2D eigenvalue weighted by atomic mass is 32.2. The molecular weight excluding hydrogens is 270 g/mol. The zero-order chi connectivity index (χ0) is 14.4. The maximum atomic E-state index is 12.1. The highest BCUT2D eigenvalue weighted by Gasteiger charge is 2.56. The minimum absolute atomic E-state index is 0.0410. The average Bonchev–Trinajstić information content (AvgIpc) is 2.82. The Morgan fingerprint density at radius 3 is 2.53 bits per heavy atom. The van der Waals surface area contributed by atoms with Crippen molar-refractivity contribution >= 4 is 21.7 Å². The lowest BCUT2D eigenvalue weighted by molar-refractivity contribution is -0.149. The molecule has 108 valence electrons. The molecule has 0 aromatic carbocycles. The monoisotopic (exact) mass is 289 g/mol. The Bertz CT molecular complexity index is 514. The first-order chi connectivity index (χ1) is 8.68. The summed E-state index contributed by atoms with van der Waals surface area (Å²) in [6.45, 7) is 1.87. The second kappa shape index (κ2) is 4.47. The molecule has 0 aromatic heterocycles. The number of rotatable bonds is 3. The molecule has 1 aliphatic carbocycles. The summed E-state index contributed by atoms with van der Waals surface area (Å²) in [7, 11) is -3.44. The fraction of sp³-hybridized carbons (Fsp3) is 0.833. The van der Waals surface area contributed by atoms with Crippen LogP contribution >= 0.6 is 0 Å². The molecule has 1 heterocycles. The van der Waals surface area contributed by atoms with Gasteiger partial charge < -0.3 is 10.0 Å². The van der Waals surface area contributed by atoms with E-state index in [4.69, 9.17) is 0 Å². The summed E-state index contributed by atoms with van der Waals surface area (Å²) in [5, 5.41) is 8.32. The largest absolute Gasteiger partial charge is 0.481 e. The quantitative estimate of drug-likeness (QED) is 0.797. The molecule has 19 heavy (non-hydrogen) atoms. The lowest BCUT2D eigenvalue weighted by atomic mass is 9.81. The maximum Gasteiger partial charge on any atom is 0.311 e. The van der Waals surface area contributed by atoms with Gasteiger partial charge in [0.2, 0.25) is 5.91 Å². The van der Waals surface area contributed by atoms with Crippen LogP contribution in [0.1, 0.15) is 26.2 Å². The summed E-state index contributed by atoms with van der Waals surface area (Å²) < 4.78 is 22.9. The van der Waals surface area contributed by atoms with Gasteiger partial charge in [0.05, 0.1) is 5.41 Å². The van der Waals surface area contributed by atoms with Gasteiger partial charge in [0.15, 0.2) is 9.84 Å². The third kappa shape index (κ3) is 2.24. The van der Waals surface area contributed by atoms with Gasteiger partial charge in [0, 0.05) is 19.3 Å². The summed E-state index contributed by atoms with van der Waals surface area (Å²) in [6.07, 6.45) is 3.26. The van der Waals surface area contributed by atoms with Crippen LogP contribution in [0.15, 0.2) is 0 Å². The molecule has 0 spiro atoms. The molecule has 2 aliphatic rings. The van der Waals surface area contributed by atoms with Gasteiger partial charge >= 0.3 is 5.97 Å². The molecule has 1 saturated carbocycles. The molecule has 0 radical (unpaired) electrons. The van der Waals surface area contributed by atoms with Crippen molar-refractivity contribution in [1.82, 2.24) is 4.90 Å². The van der Waals surface area contributed by atoms with Crippen LogP contribution in [0.3, 0.4) is 0 Å². The van der Waals surface area contributed by atoms with Crippen molar-refractivity contribution in [2.24, 2.45) is 11.3 Å². The van der Waals surface area contributed by atoms with Crippen LogP contribution in [0.25, 0.3) is 0 Å². The SMILES string of the molecule is CC(C(=O)N1C[C@@H]2CCC[C@@]2(C(=O)O)C1)S(C)(=O)=O. The Morgan fingerprint density at radius 2 is 2.05 bits per heavy atom. The number of fused-ring (bicyclic) bond motifs is 1. The fourth-order valence-electron chi connectivity index (χ4n) is 3.25. The Labute approximate surface area is 112 Å². The van der Waals surface area contributed by atoms with Crippen LogP contribution in [-0.2, 0) is 19.4 Å². The molecule has 1 saturated heterocycles. The number of carboxylic acids is 1. The summed E-state index contributed by atoms with van der Waals surface area (Å²) in [5.41, 5.74) is -0.854. The summed E-state index contributed by atoms with van der Waals surface area (Å²) in [5.74, 6) is -1.38. The van der Waals surface area contributed by atoms with Crippen molar-refractivity contribution < 1.29 is 23.1 Å². The minimum atomic E-state index is -3.44. The van der Waals surface area contributed by atoms with E-state index in [9.17, 15) is 23.1 Å². The molecule has 0 aromatic rings. The standard InChI is InChI=1S/C12H19NO5S/c1-8(19(2,17)18)10(14)13-6-9-4-3-5-12(9,7-13)11(15)16/h8-9H,3-7H2,1-2H3,(H,15,16)/t8?,9-,12+/m0/s1. The lowest BCUT2D eigenvalue weighted by Gasteiger charge is -2.24. The average molecular weight is 289 g/mol. The van der Waals surface area contributed by atoms with E-state index in [1.807, 2.05) is 0 Å². The van der Waals surface area contributed by atoms with Gasteiger partial charge in [0.1, 0.15) is 5.25 Å². The van der Waals surface area contributed by atoms with Crippen LogP contribution in [0.5, 0.6) is 0 Å². The number of aliphatic carboxylic acids is 1. The van der Waals surface area contributed by atoms with Crippen molar-refractivity contribution in [3.05, 3.63) is 0 Å². The molecule has 2 fully saturated rings. The molecule has 1 aliphatic heterocycles. The zero-order valence-corrected chi connectivity index (χ0v) is 11.9. The lowest BCUT2D eigenvalue weighted by Crippen LogP contribution is -2.42. The molecule has 6 nitrogen and oxygen atoms in total. The normalized spacial score (nSPS) is 32.1. The molecule has 1 unspecified atom stereocenters. The number of carboxylic acid groups (broad SMARTS) is 1. The molecule has 3 atom stereocenters. The van der Waals surface area contributed by atoms with E-state index < -0.39 is 32.4 Å². The van der Waals surface area contributed by atoms with Crippen LogP contribution in [0.4, 0.5) is 0 Å². The number of hydrogen-bond donors (Lipinski definition) is 1. The highest BCUT2D eigenvalue weighted by molar-refractivity contribution is 7.92. The van der Waals surface area contributed by atoms with Gasteiger partial charge in [0.25, 0.3) is 0 Å². The van der Waals surface area contributed by atoms with Gasteiger partial charge in [-0.25, -0.2) is 8.42 Å². The van der Waals surface area contributed by atoms with Gasteiger partial charge in [-0.15, -0.1) is 0 Å². The zero-order valence-electron chi connectivity index (χ0n) is 11.1. The Balaban J connectivity index is 2.19. The van der Waals surface area contributed by atoms with E-state index in [0.29, 0.717) is 13.0 Å². The maximum absolute atomic E-state index is 12.1. The predicted octanol–water partition coefficient (Wildman–Crippen LogP) is 0.133. The van der Waals surface area contributed by atoms with Gasteiger partial charge in [-0.2, -0.15) is 0 Å². The van der Waals surface area contributed by atoms with Gasteiger partial charge in [-0.05, 0) is 25.7 Å². The van der Waals surface area contributed by atoms with Crippen molar-refractivity contribution in [2.45, 2.75) is 31.4 Å². The van der Waals surface area contributed by atoms with E-state index in [1.165, 1.54) is 11.8 Å². The molecule has 1 N–H and O–H groups in total. The second-order valence-electron chi connectivity index (χ2n) is 5.74. The highest BCUT2D eigenvalue weighted by Crippen LogP contribution is 2.49. The van der Waals surface area contributed by atoms with E-state index >= 15 is 0 Å². The third-order valence-electron chi connectivity index (χ3n) is 4.60. The molecule has 2 rings (SSSR count). The Kier molecular flexibility index (Phi) is 3.36.